The third-order valence-corrected chi connectivity index (χ3v) is 5.90. The molecule has 0 amide bonds. The molecule has 2 aromatic carbocycles. The number of benzene rings is 2. The third-order valence-electron chi connectivity index (χ3n) is 5.90. The van der Waals surface area contributed by atoms with Crippen LogP contribution in [0.2, 0.25) is 0 Å². The number of nitrogens with zero attached hydrogens (tertiary/aromatic N) is 1. The molecule has 0 aliphatic carbocycles. The predicted octanol–water partition coefficient (Wildman–Crippen LogP) is 3.68. The van der Waals surface area contributed by atoms with Gasteiger partial charge in [-0.2, -0.15) is 0 Å². The molecule has 4 heteroatoms. The number of para-hydroxylation sites is 1. The molecule has 1 N–H and O–H groups in total. The van der Waals surface area contributed by atoms with Gasteiger partial charge in [-0.05, 0) is 24.5 Å². The maximum absolute atomic E-state index is 11.6. The van der Waals surface area contributed by atoms with E-state index in [9.17, 15) is 5.11 Å². The van der Waals surface area contributed by atoms with E-state index in [1.54, 1.807) is 6.26 Å². The van der Waals surface area contributed by atoms with Crippen LogP contribution in [0.3, 0.4) is 0 Å². The average molecular weight is 349 g/mol. The molecule has 3 aromatic rings. The highest BCUT2D eigenvalue weighted by atomic mass is 16.5. The van der Waals surface area contributed by atoms with Crippen LogP contribution in [-0.4, -0.2) is 35.3 Å². The molecule has 26 heavy (non-hydrogen) atoms. The summed E-state index contributed by atoms with van der Waals surface area (Å²) in [5.41, 5.74) is 2.20. The van der Waals surface area contributed by atoms with Crippen LogP contribution in [0.5, 0.6) is 0 Å². The highest BCUT2D eigenvalue weighted by Crippen LogP contribution is 2.44. The van der Waals surface area contributed by atoms with Crippen molar-refractivity contribution in [3.05, 3.63) is 72.0 Å². The van der Waals surface area contributed by atoms with Gasteiger partial charge >= 0.3 is 0 Å². The summed E-state index contributed by atoms with van der Waals surface area (Å²) in [5, 5.41) is 12.6. The third kappa shape index (κ3) is 2.65. The maximum atomic E-state index is 11.6. The SMILES string of the molecule is OC1(c2coc3ccccc23)CC2COCC(C1)N2Cc1ccccc1. The van der Waals surface area contributed by atoms with Crippen molar-refractivity contribution in [3.63, 3.8) is 0 Å². The quantitative estimate of drug-likeness (QED) is 0.783. The predicted molar refractivity (Wildman–Crippen MR) is 99.7 cm³/mol. The van der Waals surface area contributed by atoms with Crippen molar-refractivity contribution in [2.45, 2.75) is 37.1 Å². The molecule has 0 spiro atoms. The van der Waals surface area contributed by atoms with Crippen molar-refractivity contribution in [1.29, 1.82) is 0 Å². The summed E-state index contributed by atoms with van der Waals surface area (Å²) in [7, 11) is 0. The van der Waals surface area contributed by atoms with Crippen LogP contribution < -0.4 is 0 Å². The van der Waals surface area contributed by atoms with E-state index < -0.39 is 5.60 Å². The molecule has 2 aliphatic heterocycles. The van der Waals surface area contributed by atoms with Crippen molar-refractivity contribution in [2.24, 2.45) is 0 Å². The molecular weight excluding hydrogens is 326 g/mol. The molecule has 2 fully saturated rings. The Morgan fingerprint density at radius 3 is 2.42 bits per heavy atom. The molecular formula is C22H23NO3. The van der Waals surface area contributed by atoms with E-state index in [0.717, 1.165) is 23.1 Å². The summed E-state index contributed by atoms with van der Waals surface area (Å²) in [5.74, 6) is 0. The topological polar surface area (TPSA) is 45.8 Å². The fourth-order valence-electron chi connectivity index (χ4n) is 4.66. The molecule has 3 heterocycles. The van der Waals surface area contributed by atoms with E-state index >= 15 is 0 Å². The first-order valence-electron chi connectivity index (χ1n) is 9.29. The van der Waals surface area contributed by atoms with Gasteiger partial charge in [0.15, 0.2) is 0 Å². The first-order chi connectivity index (χ1) is 12.7. The Balaban J connectivity index is 1.46. The zero-order valence-corrected chi connectivity index (χ0v) is 14.7. The molecule has 5 rings (SSSR count). The average Bonchev–Trinajstić information content (AvgIpc) is 3.09. The summed E-state index contributed by atoms with van der Waals surface area (Å²) in [6.07, 6.45) is 3.08. The van der Waals surface area contributed by atoms with Gasteiger partial charge < -0.3 is 14.3 Å². The Morgan fingerprint density at radius 2 is 1.65 bits per heavy atom. The highest BCUT2D eigenvalue weighted by molar-refractivity contribution is 5.81. The fraction of sp³-hybridized carbons (Fsp3) is 0.364. The van der Waals surface area contributed by atoms with E-state index in [1.807, 2.05) is 30.3 Å². The maximum Gasteiger partial charge on any atom is 0.134 e. The number of morpholine rings is 1. The van der Waals surface area contributed by atoms with Gasteiger partial charge in [0.1, 0.15) is 5.58 Å². The zero-order valence-electron chi connectivity index (χ0n) is 14.7. The molecule has 4 nitrogen and oxygen atoms in total. The van der Waals surface area contributed by atoms with E-state index in [1.165, 1.54) is 5.56 Å². The monoisotopic (exact) mass is 349 g/mol. The number of hydrogen-bond donors (Lipinski definition) is 1. The van der Waals surface area contributed by atoms with Crippen molar-refractivity contribution in [2.75, 3.05) is 13.2 Å². The van der Waals surface area contributed by atoms with Gasteiger partial charge in [0.25, 0.3) is 0 Å². The summed E-state index contributed by atoms with van der Waals surface area (Å²) in [6, 6.07) is 18.9. The minimum atomic E-state index is -0.862. The lowest BCUT2D eigenvalue weighted by Crippen LogP contribution is -2.60. The Hall–Kier alpha value is -2.14. The second kappa shape index (κ2) is 6.23. The van der Waals surface area contributed by atoms with Gasteiger partial charge in [-0.1, -0.05) is 48.5 Å². The molecule has 1 aromatic heterocycles. The van der Waals surface area contributed by atoms with Gasteiger partial charge in [0.2, 0.25) is 0 Å². The second-order valence-corrected chi connectivity index (χ2v) is 7.59. The second-order valence-electron chi connectivity index (χ2n) is 7.59. The normalized spacial score (nSPS) is 29.1. The number of hydrogen-bond acceptors (Lipinski definition) is 4. The van der Waals surface area contributed by atoms with Crippen LogP contribution >= 0.6 is 0 Å². The smallest absolute Gasteiger partial charge is 0.134 e. The molecule has 2 atom stereocenters. The van der Waals surface area contributed by atoms with Gasteiger partial charge in [-0.15, -0.1) is 0 Å². The van der Waals surface area contributed by atoms with Gasteiger partial charge in [-0.3, -0.25) is 4.90 Å². The summed E-state index contributed by atoms with van der Waals surface area (Å²) in [6.45, 7) is 2.24. The van der Waals surface area contributed by atoms with Gasteiger partial charge in [0.05, 0.1) is 25.1 Å². The molecule has 2 saturated heterocycles. The van der Waals surface area contributed by atoms with E-state index in [0.29, 0.717) is 26.1 Å². The number of aliphatic hydroxyl groups is 1. The van der Waals surface area contributed by atoms with Gasteiger partial charge in [0, 0.05) is 29.6 Å². The zero-order chi connectivity index (χ0) is 17.6. The number of fused-ring (bicyclic) bond motifs is 3. The largest absolute Gasteiger partial charge is 0.464 e. The van der Waals surface area contributed by atoms with Crippen LogP contribution in [-0.2, 0) is 16.9 Å². The van der Waals surface area contributed by atoms with Crippen LogP contribution in [0.4, 0.5) is 0 Å². The minimum Gasteiger partial charge on any atom is -0.464 e. The minimum absolute atomic E-state index is 0.210. The molecule has 2 aliphatic rings. The lowest BCUT2D eigenvalue weighted by atomic mass is 9.76. The molecule has 0 saturated carbocycles. The Bertz CT molecular complexity index is 890. The Morgan fingerprint density at radius 1 is 0.962 bits per heavy atom. The van der Waals surface area contributed by atoms with Crippen molar-refractivity contribution in [3.8, 4) is 0 Å². The van der Waals surface area contributed by atoms with Crippen LogP contribution in [0.15, 0.2) is 65.3 Å². The lowest BCUT2D eigenvalue weighted by Gasteiger charge is -2.51. The molecule has 0 radical (unpaired) electrons. The molecule has 134 valence electrons. The van der Waals surface area contributed by atoms with Crippen molar-refractivity contribution < 1.29 is 14.3 Å². The number of rotatable bonds is 3. The number of ether oxygens (including phenoxy) is 1. The van der Waals surface area contributed by atoms with Crippen molar-refractivity contribution >= 4 is 11.0 Å². The Kier molecular flexibility index (Phi) is 3.85. The number of piperidine rings is 1. The summed E-state index contributed by atoms with van der Waals surface area (Å²) in [4.78, 5) is 2.51. The number of furan rings is 1. The van der Waals surface area contributed by atoms with E-state index in [4.69, 9.17) is 9.15 Å². The summed E-state index contributed by atoms with van der Waals surface area (Å²) < 4.78 is 11.5. The van der Waals surface area contributed by atoms with Crippen molar-refractivity contribution in [1.82, 2.24) is 4.90 Å². The van der Waals surface area contributed by atoms with Crippen LogP contribution in [0.1, 0.15) is 24.0 Å². The van der Waals surface area contributed by atoms with E-state index in [2.05, 4.69) is 29.2 Å². The first kappa shape index (κ1) is 16.1. The van der Waals surface area contributed by atoms with Gasteiger partial charge in [-0.25, -0.2) is 0 Å². The van der Waals surface area contributed by atoms with Crippen LogP contribution in [0, 0.1) is 0 Å². The fourth-order valence-corrected chi connectivity index (χ4v) is 4.66. The molecule has 2 bridgehead atoms. The molecule has 2 unspecified atom stereocenters. The standard InChI is InChI=1S/C22H23NO3/c24-22(20-15-26-21-9-5-4-8-19(20)21)10-17-13-25-14-18(11-22)23(17)12-16-6-2-1-3-7-16/h1-9,15,17-18,24H,10-14H2. The first-order valence-corrected chi connectivity index (χ1v) is 9.29. The van der Waals surface area contributed by atoms with E-state index in [-0.39, 0.29) is 12.1 Å². The lowest BCUT2D eigenvalue weighted by molar-refractivity contribution is -0.149. The Labute approximate surface area is 153 Å². The van der Waals surface area contributed by atoms with Crippen LogP contribution in [0.25, 0.3) is 11.0 Å². The summed E-state index contributed by atoms with van der Waals surface area (Å²) >= 11 is 0. The highest BCUT2D eigenvalue weighted by Gasteiger charge is 2.48.